The lowest BCUT2D eigenvalue weighted by Gasteiger charge is -2.19. The van der Waals surface area contributed by atoms with Gasteiger partial charge in [-0.25, -0.2) is 59.8 Å². The van der Waals surface area contributed by atoms with Crippen LogP contribution in [0.2, 0.25) is 0 Å². The predicted molar refractivity (Wildman–Crippen MR) is 570 cm³/mol. The Kier molecular flexibility index (Phi) is 22.6. The molecule has 5 aliphatic heterocycles. The number of aromatic nitrogens is 13. The van der Waals surface area contributed by atoms with Crippen LogP contribution < -0.4 is 47.4 Å². The van der Waals surface area contributed by atoms with Gasteiger partial charge in [-0.2, -0.15) is 0 Å². The number of benzene rings is 17. The van der Waals surface area contributed by atoms with Gasteiger partial charge < -0.3 is 47.4 Å². The molecule has 0 unspecified atom stereocenters. The number of rotatable bonds is 9. The van der Waals surface area contributed by atoms with E-state index in [0.29, 0.717) is 116 Å². The van der Waals surface area contributed by atoms with Crippen LogP contribution in [0.15, 0.2) is 455 Å². The van der Waals surface area contributed by atoms with Gasteiger partial charge in [0.1, 0.15) is 0 Å². The minimum absolute atomic E-state index is 0.358. The van der Waals surface area contributed by atoms with Crippen molar-refractivity contribution in [3.8, 4) is 217 Å². The molecule has 0 atom stereocenters. The van der Waals surface area contributed by atoms with Crippen LogP contribution in [0.3, 0.4) is 0 Å². The summed E-state index contributed by atoms with van der Waals surface area (Å²) in [5.74, 6) is 10.0. The Hall–Kier alpha value is -20.9. The fourth-order valence-corrected chi connectivity index (χ4v) is 17.8. The zero-order chi connectivity index (χ0) is 98.2. The first-order valence-electron chi connectivity index (χ1n) is 47.7. The summed E-state index contributed by atoms with van der Waals surface area (Å²) in [6.45, 7) is 0. The predicted octanol–water partition coefficient (Wildman–Crippen LogP) is 32.0. The van der Waals surface area contributed by atoms with Gasteiger partial charge in [0.15, 0.2) is 57.5 Å². The van der Waals surface area contributed by atoms with E-state index in [9.17, 15) is 0 Å². The number of ether oxygens (including phenoxy) is 10. The summed E-state index contributed by atoms with van der Waals surface area (Å²) < 4.78 is 60.0. The number of fused-ring (bicyclic) bond motifs is 16. The van der Waals surface area contributed by atoms with Crippen molar-refractivity contribution >= 4 is 65.9 Å². The fourth-order valence-electron chi connectivity index (χ4n) is 17.8. The summed E-state index contributed by atoms with van der Waals surface area (Å²) in [4.78, 5) is 59.0. The summed E-state index contributed by atoms with van der Waals surface area (Å²) in [6, 6.07) is 146. The van der Waals surface area contributed by atoms with Gasteiger partial charge in [0, 0.05) is 34.6 Å². The molecule has 17 aromatic carbocycles. The van der Waals surface area contributed by atoms with Crippen LogP contribution in [0.5, 0.6) is 116 Å². The van der Waals surface area contributed by atoms with Crippen molar-refractivity contribution in [1.82, 2.24) is 64.8 Å². The summed E-state index contributed by atoms with van der Waals surface area (Å²) >= 11 is 0. The van der Waals surface area contributed by atoms with Gasteiger partial charge in [-0.15, -0.1) is 0 Å². The zero-order valence-corrected chi connectivity index (χ0v) is 78.2. The van der Waals surface area contributed by atoms with E-state index in [1.54, 1.807) is 12.4 Å². The highest BCUT2D eigenvalue weighted by Crippen LogP contribution is 2.52. The molecule has 25 aromatic rings. The average molecular weight is 1920 g/mol. The third kappa shape index (κ3) is 18.0. The van der Waals surface area contributed by atoms with E-state index in [4.69, 9.17) is 57.3 Å². The Labute approximate surface area is 845 Å². The first kappa shape index (κ1) is 87.4. The molecule has 13 heterocycles. The minimum atomic E-state index is 0.358. The lowest BCUT2D eigenvalue weighted by Crippen LogP contribution is -2.03. The third-order valence-corrected chi connectivity index (χ3v) is 25.2. The third-order valence-electron chi connectivity index (χ3n) is 25.2. The van der Waals surface area contributed by atoms with E-state index < -0.39 is 0 Å². The second-order valence-electron chi connectivity index (χ2n) is 34.8. The normalized spacial score (nSPS) is 11.9. The smallest absolute Gasteiger partial charge is 0.284 e. The maximum atomic E-state index is 6.06. The molecule has 0 amide bonds. The largest absolute Gasteiger partial charge is 0.431 e. The van der Waals surface area contributed by atoms with Crippen LogP contribution in [0.25, 0.3) is 167 Å². The highest BCUT2D eigenvalue weighted by Gasteiger charge is 2.30. The van der Waals surface area contributed by atoms with Crippen molar-refractivity contribution in [2.45, 2.75) is 0 Å². The minimum Gasteiger partial charge on any atom is -0.431 e. The zero-order valence-electron chi connectivity index (χ0n) is 78.2. The Morgan fingerprint density at radius 2 is 0.318 bits per heavy atom. The molecule has 5 aliphatic rings. The van der Waals surface area contributed by atoms with E-state index in [1.165, 1.54) is 33.0 Å². The van der Waals surface area contributed by atoms with Gasteiger partial charge in [0.2, 0.25) is 0 Å². The maximum absolute atomic E-state index is 6.06. The molecule has 0 saturated heterocycles. The van der Waals surface area contributed by atoms with E-state index in [-0.39, 0.29) is 0 Å². The van der Waals surface area contributed by atoms with Crippen molar-refractivity contribution in [3.63, 3.8) is 0 Å². The number of para-hydroxylation sites is 10. The average Bonchev–Trinajstić information content (AvgIpc) is 0.781. The van der Waals surface area contributed by atoms with Gasteiger partial charge in [-0.05, 0) is 248 Å². The Bertz CT molecular complexity index is 8960. The molecule has 0 spiro atoms. The highest BCUT2D eigenvalue weighted by atomic mass is 16.6. The van der Waals surface area contributed by atoms with Crippen LogP contribution in [-0.4, -0.2) is 64.8 Å². The standard InChI is InChI=1S/2C26H16N2O2.C25H15N3O2.C24H14N4O2.C24H14N2O2/c1-2-7-17(8-3-1)18-9-6-10-19(15-18)20-13-14-23-24(16-20)30-26-25(29-23)27-21-11-4-5-12-22(21)28-26;1-2-6-17(7-3-1)18-10-12-19(13-11-18)20-14-15-23-24(16-20)30-26-25(29-23)27-21-8-4-5-9-22(21)28-26;1-2-7-16(8-3-1)18-11-6-12-19(26-18)17-13-14-22-23(15-17)30-25-24(29-22)27-20-9-4-5-10-21(20)28-25;1-2-5-20-19(4-1)27-23-24(28-20)30-22-14-16(8-9-21(22)29-23)18-7-3-6-17(26-18)15-10-12-25-13-11-15;1-2-6-16-13-17(10-9-15(16)5-1)18-11-12-21-22(14-18)28-24-23(27-21)25-19-7-3-4-8-20(19)26-24/h2*1-16H;1-15H;1-14H;1-14H. The maximum Gasteiger partial charge on any atom is 0.284 e. The van der Waals surface area contributed by atoms with Crippen molar-refractivity contribution in [1.29, 1.82) is 0 Å². The van der Waals surface area contributed by atoms with Crippen molar-refractivity contribution in [3.05, 3.63) is 455 Å². The van der Waals surface area contributed by atoms with Gasteiger partial charge in [0.05, 0.1) is 77.9 Å². The number of nitrogens with zero attached hydrogens (tertiary/aromatic N) is 13. The molecule has 148 heavy (non-hydrogen) atoms. The Morgan fingerprint density at radius 3 is 0.655 bits per heavy atom. The summed E-state index contributed by atoms with van der Waals surface area (Å²) in [7, 11) is 0. The molecule has 30 rings (SSSR count). The van der Waals surface area contributed by atoms with Gasteiger partial charge in [-0.3, -0.25) is 4.98 Å². The van der Waals surface area contributed by atoms with E-state index in [0.717, 1.165) is 134 Å². The lowest BCUT2D eigenvalue weighted by atomic mass is 9.99. The second-order valence-corrected chi connectivity index (χ2v) is 34.8. The molecule has 23 heteroatoms. The monoisotopic (exact) mass is 1920 g/mol. The Balaban J connectivity index is 0.0000000936. The topological polar surface area (TPSA) is 260 Å². The highest BCUT2D eigenvalue weighted by molar-refractivity contribution is 5.89. The molecule has 0 bridgehead atoms. The van der Waals surface area contributed by atoms with Gasteiger partial charge in [-0.1, -0.05) is 261 Å². The van der Waals surface area contributed by atoms with Crippen LogP contribution in [0.1, 0.15) is 0 Å². The molecular formula is C125H75N13O10. The van der Waals surface area contributed by atoms with Crippen molar-refractivity contribution in [2.24, 2.45) is 0 Å². The van der Waals surface area contributed by atoms with Crippen molar-refractivity contribution < 1.29 is 47.4 Å². The van der Waals surface area contributed by atoms with Gasteiger partial charge in [0.25, 0.3) is 58.8 Å². The van der Waals surface area contributed by atoms with Gasteiger partial charge >= 0.3 is 0 Å². The fraction of sp³-hybridized carbons (Fsp3) is 0. The molecule has 23 nitrogen and oxygen atoms in total. The molecule has 8 aromatic heterocycles. The molecule has 0 fully saturated rings. The van der Waals surface area contributed by atoms with Crippen molar-refractivity contribution in [2.75, 3.05) is 0 Å². The summed E-state index contributed by atoms with van der Waals surface area (Å²) in [5.41, 5.74) is 26.4. The van der Waals surface area contributed by atoms with E-state index in [1.807, 2.05) is 322 Å². The van der Waals surface area contributed by atoms with Crippen LogP contribution in [-0.2, 0) is 0 Å². The van der Waals surface area contributed by atoms with Crippen LogP contribution >= 0.6 is 0 Å². The molecule has 0 aliphatic carbocycles. The molecule has 0 radical (unpaired) electrons. The lowest BCUT2D eigenvalue weighted by molar-refractivity contribution is 0.339. The molecular weight excluding hydrogens is 1840 g/mol. The molecule has 0 N–H and O–H groups in total. The number of hydrogen-bond acceptors (Lipinski definition) is 23. The first-order valence-corrected chi connectivity index (χ1v) is 47.7. The quantitative estimate of drug-likeness (QED) is 0.130. The first-order chi connectivity index (χ1) is 73.2. The second kappa shape index (κ2) is 38.3. The van der Waals surface area contributed by atoms with E-state index in [2.05, 4.69) is 176 Å². The SMILES string of the molecule is c1cc(-c2ccncc2)nc(-c2ccc3c(c2)Oc2nc4ccccc4nc2O3)c1.c1ccc(-c2ccc(-c3ccc4c(c3)Oc3nc5ccccc5nc3O4)cc2)cc1.c1ccc(-c2cccc(-c3ccc4c(c3)Oc3nc5ccccc5nc3O4)c2)cc1.c1ccc(-c2cccc(-c3ccc4c(c3)Oc3nc5ccccc5nc3O4)n2)cc1.c1ccc2cc(-c3ccc4c(c3)Oc3nc5ccccc5nc3O4)ccc2c1. The molecule has 0 saturated carbocycles. The number of hydrogen-bond donors (Lipinski definition) is 0. The van der Waals surface area contributed by atoms with Crippen LogP contribution in [0, 0.1) is 0 Å². The number of pyridine rings is 3. The van der Waals surface area contributed by atoms with Crippen LogP contribution in [0.4, 0.5) is 0 Å². The van der Waals surface area contributed by atoms with E-state index >= 15 is 0 Å². The summed E-state index contributed by atoms with van der Waals surface area (Å²) in [6.07, 6.45) is 3.52. The Morgan fingerprint density at radius 1 is 0.115 bits per heavy atom. The summed E-state index contributed by atoms with van der Waals surface area (Å²) in [5, 5.41) is 2.43. The molecule has 700 valence electrons.